The van der Waals surface area contributed by atoms with Crippen molar-refractivity contribution >= 4 is 23.5 Å². The van der Waals surface area contributed by atoms with E-state index in [9.17, 15) is 19.2 Å². The second-order valence-electron chi connectivity index (χ2n) is 8.16. The number of nitrogens with one attached hydrogen (secondary N) is 3. The molecule has 172 valence electrons. The molecule has 0 aliphatic heterocycles. The van der Waals surface area contributed by atoms with Crippen LogP contribution >= 0.6 is 0 Å². The lowest BCUT2D eigenvalue weighted by atomic mass is 9.95. The van der Waals surface area contributed by atoms with Gasteiger partial charge >= 0.3 is 0 Å². The van der Waals surface area contributed by atoms with Gasteiger partial charge in [-0.3, -0.25) is 19.2 Å². The van der Waals surface area contributed by atoms with Gasteiger partial charge < -0.3 is 16.0 Å². The van der Waals surface area contributed by atoms with Crippen molar-refractivity contribution in [2.24, 2.45) is 11.8 Å². The number of rotatable bonds is 14. The van der Waals surface area contributed by atoms with Crippen molar-refractivity contribution in [3.63, 3.8) is 0 Å². The largest absolute Gasteiger partial charge is 0.350 e. The number of carbonyl (C=O) groups is 4. The third kappa shape index (κ3) is 10.2. The predicted molar refractivity (Wildman–Crippen MR) is 121 cm³/mol. The number of carbonyl (C=O) groups excluding carboxylic acids is 4. The normalized spacial score (nSPS) is 13.5. The molecule has 7 heteroatoms. The Morgan fingerprint density at radius 2 is 1.65 bits per heavy atom. The summed E-state index contributed by atoms with van der Waals surface area (Å²) in [7, 11) is 0. The van der Waals surface area contributed by atoms with E-state index in [4.69, 9.17) is 0 Å². The quantitative estimate of drug-likeness (QED) is 0.394. The van der Waals surface area contributed by atoms with Gasteiger partial charge in [0.05, 0.1) is 12.6 Å². The Kier molecular flexibility index (Phi) is 12.2. The number of hydrogen-bond acceptors (Lipinski definition) is 4. The zero-order valence-electron chi connectivity index (χ0n) is 19.2. The van der Waals surface area contributed by atoms with Crippen molar-refractivity contribution in [3.05, 3.63) is 35.9 Å². The molecule has 3 unspecified atom stereocenters. The highest BCUT2D eigenvalue weighted by Crippen LogP contribution is 2.13. The lowest BCUT2D eigenvalue weighted by Gasteiger charge is -2.22. The van der Waals surface area contributed by atoms with Crippen LogP contribution in [0.5, 0.6) is 0 Å². The van der Waals surface area contributed by atoms with Crippen molar-refractivity contribution in [1.82, 2.24) is 16.0 Å². The van der Waals surface area contributed by atoms with Gasteiger partial charge in [0.2, 0.25) is 17.6 Å². The lowest BCUT2D eigenvalue weighted by Crippen LogP contribution is -2.50. The molecule has 3 amide bonds. The van der Waals surface area contributed by atoms with Gasteiger partial charge in [0.15, 0.2) is 0 Å². The average Bonchev–Trinajstić information content (AvgIpc) is 2.78. The number of benzene rings is 1. The van der Waals surface area contributed by atoms with Crippen LogP contribution in [0.25, 0.3) is 0 Å². The summed E-state index contributed by atoms with van der Waals surface area (Å²) in [6, 6.07) is 8.50. The number of amides is 3. The number of hydrogen-bond donors (Lipinski definition) is 3. The van der Waals surface area contributed by atoms with Crippen molar-refractivity contribution in [1.29, 1.82) is 0 Å². The standard InChI is InChI=1S/C24H37N3O4/c1-5-7-11-18(4)23(30)27-20(14-17(3)6-2)22(29)24(31)26-16-21(28)25-15-19-12-9-8-10-13-19/h8-10,12-13,17-18,20H,5-7,11,14-16H2,1-4H3,(H,25,28)(H,26,31)(H,27,30). The van der Waals surface area contributed by atoms with Crippen molar-refractivity contribution in [3.8, 4) is 0 Å². The Bertz CT molecular complexity index is 721. The molecular formula is C24H37N3O4. The third-order valence-corrected chi connectivity index (χ3v) is 5.37. The molecule has 0 bridgehead atoms. The topological polar surface area (TPSA) is 104 Å². The fourth-order valence-corrected chi connectivity index (χ4v) is 3.02. The first kappa shape index (κ1) is 26.3. The fraction of sp³-hybridized carbons (Fsp3) is 0.583. The minimum Gasteiger partial charge on any atom is -0.350 e. The van der Waals surface area contributed by atoms with Gasteiger partial charge in [0.25, 0.3) is 5.91 Å². The molecule has 1 rings (SSSR count). The molecule has 3 N–H and O–H groups in total. The first-order chi connectivity index (χ1) is 14.8. The first-order valence-electron chi connectivity index (χ1n) is 11.2. The summed E-state index contributed by atoms with van der Waals surface area (Å²) < 4.78 is 0. The van der Waals surface area contributed by atoms with Crippen LogP contribution in [0.3, 0.4) is 0 Å². The molecule has 0 saturated heterocycles. The molecule has 31 heavy (non-hydrogen) atoms. The molecule has 0 aliphatic carbocycles. The van der Waals surface area contributed by atoms with Gasteiger partial charge in [0, 0.05) is 12.5 Å². The Morgan fingerprint density at radius 1 is 0.968 bits per heavy atom. The van der Waals surface area contributed by atoms with E-state index in [0.717, 1.165) is 31.2 Å². The fourth-order valence-electron chi connectivity index (χ4n) is 3.02. The number of unbranched alkanes of at least 4 members (excludes halogenated alkanes) is 1. The van der Waals surface area contributed by atoms with E-state index >= 15 is 0 Å². The summed E-state index contributed by atoms with van der Waals surface area (Å²) in [5.74, 6) is -2.23. The van der Waals surface area contributed by atoms with Crippen molar-refractivity contribution < 1.29 is 19.2 Å². The smallest absolute Gasteiger partial charge is 0.290 e. The Morgan fingerprint density at radius 3 is 2.26 bits per heavy atom. The minimum absolute atomic E-state index is 0.169. The van der Waals surface area contributed by atoms with Crippen LogP contribution in [-0.4, -0.2) is 36.1 Å². The van der Waals surface area contributed by atoms with E-state index in [2.05, 4.69) is 22.9 Å². The molecule has 0 radical (unpaired) electrons. The van der Waals surface area contributed by atoms with Crippen LogP contribution in [0.15, 0.2) is 30.3 Å². The van der Waals surface area contributed by atoms with E-state index in [-0.39, 0.29) is 30.2 Å². The van der Waals surface area contributed by atoms with E-state index in [0.29, 0.717) is 13.0 Å². The molecule has 0 aliphatic rings. The summed E-state index contributed by atoms with van der Waals surface area (Å²) in [4.78, 5) is 49.5. The van der Waals surface area contributed by atoms with Crippen molar-refractivity contribution in [2.75, 3.05) is 6.54 Å². The van der Waals surface area contributed by atoms with Crippen molar-refractivity contribution in [2.45, 2.75) is 72.4 Å². The van der Waals surface area contributed by atoms with E-state index in [1.54, 1.807) is 0 Å². The van der Waals surface area contributed by atoms with E-state index in [1.165, 1.54) is 0 Å². The van der Waals surface area contributed by atoms with E-state index < -0.39 is 17.7 Å². The molecule has 0 spiro atoms. The molecule has 0 fully saturated rings. The molecule has 0 heterocycles. The van der Waals surface area contributed by atoms with Crippen LogP contribution in [0.1, 0.15) is 65.4 Å². The number of ketones is 1. The summed E-state index contributed by atoms with van der Waals surface area (Å²) in [6.07, 6.45) is 3.86. The van der Waals surface area contributed by atoms with Gasteiger partial charge in [-0.2, -0.15) is 0 Å². The van der Waals surface area contributed by atoms with Crippen LogP contribution < -0.4 is 16.0 Å². The third-order valence-electron chi connectivity index (χ3n) is 5.37. The lowest BCUT2D eigenvalue weighted by molar-refractivity contribution is -0.141. The summed E-state index contributed by atoms with van der Waals surface area (Å²) in [6.45, 7) is 7.89. The molecule has 0 aromatic heterocycles. The Hall–Kier alpha value is -2.70. The predicted octanol–water partition coefficient (Wildman–Crippen LogP) is 2.74. The summed E-state index contributed by atoms with van der Waals surface area (Å²) in [5.41, 5.74) is 0.937. The van der Waals surface area contributed by atoms with Gasteiger partial charge in [-0.25, -0.2) is 0 Å². The molecule has 3 atom stereocenters. The van der Waals surface area contributed by atoms with Crippen LogP contribution in [0.4, 0.5) is 0 Å². The first-order valence-corrected chi connectivity index (χ1v) is 11.2. The van der Waals surface area contributed by atoms with Gasteiger partial charge in [-0.05, 0) is 24.3 Å². The maximum Gasteiger partial charge on any atom is 0.290 e. The van der Waals surface area contributed by atoms with Gasteiger partial charge in [0.1, 0.15) is 0 Å². The second kappa shape index (κ2) is 14.3. The van der Waals surface area contributed by atoms with Gasteiger partial charge in [-0.15, -0.1) is 0 Å². The van der Waals surface area contributed by atoms with Crippen LogP contribution in [0, 0.1) is 11.8 Å². The maximum atomic E-state index is 12.7. The highest BCUT2D eigenvalue weighted by Gasteiger charge is 2.29. The molecule has 7 nitrogen and oxygen atoms in total. The SMILES string of the molecule is CCCCC(C)C(=O)NC(CC(C)CC)C(=O)C(=O)NCC(=O)NCc1ccccc1. The highest BCUT2D eigenvalue weighted by atomic mass is 16.2. The van der Waals surface area contributed by atoms with Gasteiger partial charge in [-0.1, -0.05) is 77.3 Å². The monoisotopic (exact) mass is 431 g/mol. The second-order valence-corrected chi connectivity index (χ2v) is 8.16. The van der Waals surface area contributed by atoms with Crippen LogP contribution in [0.2, 0.25) is 0 Å². The summed E-state index contributed by atoms with van der Waals surface area (Å²) in [5, 5.41) is 7.83. The van der Waals surface area contributed by atoms with Crippen LogP contribution in [-0.2, 0) is 25.7 Å². The summed E-state index contributed by atoms with van der Waals surface area (Å²) >= 11 is 0. The maximum absolute atomic E-state index is 12.7. The number of Topliss-reactive ketones (excluding diaryl/α,β-unsaturated/α-hetero) is 1. The molecule has 1 aromatic rings. The Balaban J connectivity index is 2.60. The van der Waals surface area contributed by atoms with E-state index in [1.807, 2.05) is 51.1 Å². The minimum atomic E-state index is -0.890. The Labute approximate surface area is 185 Å². The molecule has 1 aromatic carbocycles. The molecule has 0 saturated carbocycles. The average molecular weight is 432 g/mol. The zero-order valence-corrected chi connectivity index (χ0v) is 19.2. The highest BCUT2D eigenvalue weighted by molar-refractivity contribution is 6.38. The zero-order chi connectivity index (χ0) is 23.2. The molecular weight excluding hydrogens is 394 g/mol.